The van der Waals surface area contributed by atoms with Crippen molar-refractivity contribution < 1.29 is 9.53 Å². The average Bonchev–Trinajstić information content (AvgIpc) is 3.46. The van der Waals surface area contributed by atoms with E-state index in [0.717, 1.165) is 18.3 Å². The minimum absolute atomic E-state index is 0.0544. The van der Waals surface area contributed by atoms with Gasteiger partial charge in [-0.3, -0.25) is 4.79 Å². The number of fused-ring (bicyclic) bond motifs is 11. The Balaban J connectivity index is 0.000000116. The summed E-state index contributed by atoms with van der Waals surface area (Å²) >= 11 is 0. The Hall–Kier alpha value is -0.530. The van der Waals surface area contributed by atoms with Crippen molar-refractivity contribution >= 4 is 5.97 Å². The summed E-state index contributed by atoms with van der Waals surface area (Å²) in [4.78, 5) is 11.7. The van der Waals surface area contributed by atoms with Crippen molar-refractivity contribution in [2.75, 3.05) is 6.61 Å². The van der Waals surface area contributed by atoms with Crippen molar-refractivity contribution in [3.63, 3.8) is 0 Å². The molecule has 6 bridgehead atoms. The fourth-order valence-electron chi connectivity index (χ4n) is 8.99. The molecular formula is C24H38O2. The van der Waals surface area contributed by atoms with Gasteiger partial charge in [-0.25, -0.2) is 0 Å². The third kappa shape index (κ3) is 2.53. The molecule has 146 valence electrons. The van der Waals surface area contributed by atoms with Gasteiger partial charge in [-0.2, -0.15) is 0 Å². The normalized spacial score (nSPS) is 55.0. The lowest BCUT2D eigenvalue weighted by Gasteiger charge is -2.34. The molecule has 9 atom stereocenters. The van der Waals surface area contributed by atoms with Gasteiger partial charge in [0.05, 0.1) is 12.5 Å². The van der Waals surface area contributed by atoms with Gasteiger partial charge in [0.2, 0.25) is 0 Å². The van der Waals surface area contributed by atoms with Gasteiger partial charge in [0.15, 0.2) is 0 Å². The van der Waals surface area contributed by atoms with Crippen LogP contribution >= 0.6 is 0 Å². The first-order chi connectivity index (χ1) is 12.6. The van der Waals surface area contributed by atoms with E-state index in [-0.39, 0.29) is 11.9 Å². The zero-order chi connectivity index (χ0) is 18.0. The van der Waals surface area contributed by atoms with E-state index in [1.54, 1.807) is 38.5 Å². The zero-order valence-electron chi connectivity index (χ0n) is 17.0. The van der Waals surface area contributed by atoms with Crippen LogP contribution in [0.4, 0.5) is 0 Å². The van der Waals surface area contributed by atoms with Crippen LogP contribution in [0.5, 0.6) is 0 Å². The van der Waals surface area contributed by atoms with Gasteiger partial charge >= 0.3 is 5.97 Å². The first-order valence-electron chi connectivity index (χ1n) is 11.7. The molecule has 0 spiro atoms. The highest BCUT2D eigenvalue weighted by atomic mass is 16.5. The molecule has 2 heteroatoms. The van der Waals surface area contributed by atoms with Crippen molar-refractivity contribution in [2.45, 2.75) is 72.1 Å². The highest BCUT2D eigenvalue weighted by Crippen LogP contribution is 2.67. The number of carbonyl (C=O) groups excluding carboxylic acids is 1. The topological polar surface area (TPSA) is 26.3 Å². The molecule has 0 N–H and O–H groups in total. The Bertz CT molecular complexity index is 510. The summed E-state index contributed by atoms with van der Waals surface area (Å²) in [7, 11) is 0. The Kier molecular flexibility index (Phi) is 4.40. The standard InChI is InChI=1S/C12H20O2.C12H18/c1-4-14-12(13)11-6-9-5-10(11)8(3)7(9)2;1-2-8-5-7(1)11-9-3-4-10(6-9)12(8)11/h7-11H,4-6H2,1-3H3;7-12H,1-6H2. The minimum Gasteiger partial charge on any atom is -0.466 e. The van der Waals surface area contributed by atoms with Crippen LogP contribution in [0.15, 0.2) is 0 Å². The summed E-state index contributed by atoms with van der Waals surface area (Å²) in [6, 6.07) is 0. The summed E-state index contributed by atoms with van der Waals surface area (Å²) in [5.41, 5.74) is 0. The fourth-order valence-corrected chi connectivity index (χ4v) is 8.99. The maximum absolute atomic E-state index is 11.7. The van der Waals surface area contributed by atoms with E-state index in [9.17, 15) is 4.79 Å². The predicted molar refractivity (Wildman–Crippen MR) is 103 cm³/mol. The lowest BCUT2D eigenvalue weighted by Crippen LogP contribution is -2.30. The van der Waals surface area contributed by atoms with Gasteiger partial charge in [-0.05, 0) is 117 Å². The molecule has 0 aromatic carbocycles. The Morgan fingerprint density at radius 1 is 0.769 bits per heavy atom. The first kappa shape index (κ1) is 17.6. The van der Waals surface area contributed by atoms with E-state index in [1.807, 2.05) is 6.92 Å². The summed E-state index contributed by atoms with van der Waals surface area (Å²) in [6.07, 6.45) is 12.0. The summed E-state index contributed by atoms with van der Waals surface area (Å²) in [6.45, 7) is 7.03. The molecular weight excluding hydrogens is 320 g/mol. The number of hydrogen-bond acceptors (Lipinski definition) is 2. The highest BCUT2D eigenvalue weighted by Gasteiger charge is 2.59. The van der Waals surface area contributed by atoms with Crippen LogP contribution in [0.25, 0.3) is 0 Å². The molecule has 0 saturated heterocycles. The van der Waals surface area contributed by atoms with Crippen LogP contribution in [-0.2, 0) is 9.53 Å². The quantitative estimate of drug-likeness (QED) is 0.477. The van der Waals surface area contributed by atoms with E-state index in [0.29, 0.717) is 18.4 Å². The average molecular weight is 359 g/mol. The molecule has 6 aliphatic carbocycles. The number of hydrogen-bond donors (Lipinski definition) is 0. The maximum Gasteiger partial charge on any atom is 0.309 e. The first-order valence-corrected chi connectivity index (χ1v) is 11.7. The molecule has 6 saturated carbocycles. The zero-order valence-corrected chi connectivity index (χ0v) is 17.0. The second-order valence-electron chi connectivity index (χ2n) is 10.8. The second-order valence-corrected chi connectivity index (χ2v) is 10.8. The summed E-state index contributed by atoms with van der Waals surface area (Å²) < 4.78 is 5.12. The number of ether oxygens (including phenoxy) is 1. The monoisotopic (exact) mass is 358 g/mol. The Labute approximate surface area is 159 Å². The lowest BCUT2D eigenvalue weighted by atomic mass is 9.71. The molecule has 0 aromatic heterocycles. The van der Waals surface area contributed by atoms with Gasteiger partial charge in [-0.15, -0.1) is 0 Å². The van der Waals surface area contributed by atoms with Gasteiger partial charge in [0.1, 0.15) is 0 Å². The van der Waals surface area contributed by atoms with Crippen LogP contribution in [0.1, 0.15) is 72.1 Å². The molecule has 2 nitrogen and oxygen atoms in total. The maximum atomic E-state index is 11.7. The Morgan fingerprint density at radius 3 is 1.73 bits per heavy atom. The third-order valence-electron chi connectivity index (χ3n) is 10.1. The van der Waals surface area contributed by atoms with Crippen molar-refractivity contribution in [3.05, 3.63) is 0 Å². The van der Waals surface area contributed by atoms with E-state index in [1.165, 1.54) is 41.9 Å². The van der Waals surface area contributed by atoms with Crippen LogP contribution in [0.3, 0.4) is 0 Å². The molecule has 6 aliphatic rings. The SMILES string of the molecule is C1CC2CC1C1C3CCC(C3)C21.CCOC(=O)C1CC2CC1C(C)C2C. The van der Waals surface area contributed by atoms with Crippen LogP contribution in [-0.4, -0.2) is 12.6 Å². The van der Waals surface area contributed by atoms with E-state index in [4.69, 9.17) is 4.74 Å². The summed E-state index contributed by atoms with van der Waals surface area (Å²) in [5, 5.41) is 0. The lowest BCUT2D eigenvalue weighted by molar-refractivity contribution is -0.150. The molecule has 0 aliphatic heterocycles. The fraction of sp³-hybridized carbons (Fsp3) is 0.958. The van der Waals surface area contributed by atoms with Gasteiger partial charge < -0.3 is 4.74 Å². The second kappa shape index (κ2) is 6.52. The molecule has 6 fully saturated rings. The molecule has 0 amide bonds. The smallest absolute Gasteiger partial charge is 0.309 e. The third-order valence-corrected chi connectivity index (χ3v) is 10.1. The highest BCUT2D eigenvalue weighted by molar-refractivity contribution is 5.73. The van der Waals surface area contributed by atoms with E-state index < -0.39 is 0 Å². The largest absolute Gasteiger partial charge is 0.466 e. The minimum atomic E-state index is 0.0544. The van der Waals surface area contributed by atoms with Gasteiger partial charge in [0.25, 0.3) is 0 Å². The van der Waals surface area contributed by atoms with Crippen LogP contribution in [0.2, 0.25) is 0 Å². The summed E-state index contributed by atoms with van der Waals surface area (Å²) in [5.74, 6) is 10.5. The van der Waals surface area contributed by atoms with E-state index in [2.05, 4.69) is 13.8 Å². The Morgan fingerprint density at radius 2 is 1.31 bits per heavy atom. The molecule has 0 radical (unpaired) electrons. The molecule has 0 heterocycles. The van der Waals surface area contributed by atoms with Gasteiger partial charge in [0, 0.05) is 0 Å². The van der Waals surface area contributed by atoms with E-state index >= 15 is 0 Å². The van der Waals surface area contributed by atoms with Crippen molar-refractivity contribution in [3.8, 4) is 0 Å². The van der Waals surface area contributed by atoms with Crippen LogP contribution in [0, 0.1) is 65.1 Å². The molecule has 6 rings (SSSR count). The van der Waals surface area contributed by atoms with Crippen molar-refractivity contribution in [1.29, 1.82) is 0 Å². The number of rotatable bonds is 2. The van der Waals surface area contributed by atoms with Crippen molar-refractivity contribution in [1.82, 2.24) is 0 Å². The van der Waals surface area contributed by atoms with Crippen molar-refractivity contribution in [2.24, 2.45) is 65.1 Å². The van der Waals surface area contributed by atoms with Gasteiger partial charge in [-0.1, -0.05) is 13.8 Å². The predicted octanol–water partition coefficient (Wildman–Crippen LogP) is 5.56. The molecule has 0 aromatic rings. The number of esters is 1. The molecule has 9 unspecified atom stereocenters. The van der Waals surface area contributed by atoms with Crippen LogP contribution < -0.4 is 0 Å². The number of carbonyl (C=O) groups is 1. The molecule has 26 heavy (non-hydrogen) atoms.